The van der Waals surface area contributed by atoms with Crippen LogP contribution in [0, 0.1) is 0 Å². The van der Waals surface area contributed by atoms with E-state index < -0.39 is 0 Å². The van der Waals surface area contributed by atoms with Gasteiger partial charge in [0.1, 0.15) is 0 Å². The van der Waals surface area contributed by atoms with E-state index in [0.29, 0.717) is 6.04 Å². The van der Waals surface area contributed by atoms with Gasteiger partial charge in [-0.15, -0.1) is 0 Å². The zero-order chi connectivity index (χ0) is 13.5. The summed E-state index contributed by atoms with van der Waals surface area (Å²) in [6.07, 6.45) is 7.60. The van der Waals surface area contributed by atoms with Crippen LogP contribution in [0.15, 0.2) is 18.3 Å². The van der Waals surface area contributed by atoms with E-state index in [-0.39, 0.29) is 0 Å². The zero-order valence-electron chi connectivity index (χ0n) is 12.6. The minimum absolute atomic E-state index is 0.455. The third-order valence-electron chi connectivity index (χ3n) is 4.11. The van der Waals surface area contributed by atoms with Crippen molar-refractivity contribution in [1.29, 1.82) is 0 Å². The maximum absolute atomic E-state index is 3.58. The number of hydrogen-bond donors (Lipinski definition) is 1. The van der Waals surface area contributed by atoms with E-state index >= 15 is 0 Å². The Hall–Kier alpha value is -0.800. The maximum Gasteiger partial charge on any atom is 0.0446 e. The second-order valence-electron chi connectivity index (χ2n) is 5.70. The summed E-state index contributed by atoms with van der Waals surface area (Å²) in [7, 11) is 0. The van der Waals surface area contributed by atoms with Gasteiger partial charge in [-0.25, -0.2) is 0 Å². The molecular weight excluding hydrogens is 234 g/mol. The lowest BCUT2D eigenvalue weighted by Crippen LogP contribution is -2.33. The van der Waals surface area contributed by atoms with Crippen molar-refractivity contribution in [2.75, 3.05) is 26.2 Å². The first-order chi connectivity index (χ1) is 9.31. The molecule has 1 aliphatic rings. The molecule has 1 aliphatic heterocycles. The summed E-state index contributed by atoms with van der Waals surface area (Å²) in [4.78, 5) is 2.61. The van der Waals surface area contributed by atoms with Crippen molar-refractivity contribution >= 4 is 0 Å². The summed E-state index contributed by atoms with van der Waals surface area (Å²) in [6, 6.07) is 4.88. The van der Waals surface area contributed by atoms with Crippen molar-refractivity contribution in [2.45, 2.75) is 52.1 Å². The zero-order valence-corrected chi connectivity index (χ0v) is 12.6. The van der Waals surface area contributed by atoms with Gasteiger partial charge in [0.15, 0.2) is 0 Å². The van der Waals surface area contributed by atoms with Gasteiger partial charge in [0, 0.05) is 31.0 Å². The standard InChI is InChI=1S/C16H29N3/c1-3-9-17-15(2)16-8-7-12-19(16)14-13-18-10-5-4-6-11-18/h7-8,12,15,17H,3-6,9-11,13-14H2,1-2H3. The molecule has 1 N–H and O–H groups in total. The lowest BCUT2D eigenvalue weighted by molar-refractivity contribution is 0.219. The molecule has 2 heterocycles. The highest BCUT2D eigenvalue weighted by Crippen LogP contribution is 2.14. The van der Waals surface area contributed by atoms with E-state index in [1.807, 2.05) is 0 Å². The van der Waals surface area contributed by atoms with Gasteiger partial charge in [0.05, 0.1) is 0 Å². The van der Waals surface area contributed by atoms with Crippen molar-refractivity contribution in [3.63, 3.8) is 0 Å². The van der Waals surface area contributed by atoms with Gasteiger partial charge in [0.2, 0.25) is 0 Å². The lowest BCUT2D eigenvalue weighted by Gasteiger charge is -2.27. The van der Waals surface area contributed by atoms with Crippen LogP contribution in [-0.2, 0) is 6.54 Å². The van der Waals surface area contributed by atoms with Gasteiger partial charge in [-0.1, -0.05) is 13.3 Å². The third-order valence-corrected chi connectivity index (χ3v) is 4.11. The number of piperidine rings is 1. The van der Waals surface area contributed by atoms with Gasteiger partial charge in [-0.05, 0) is 58.0 Å². The highest BCUT2D eigenvalue weighted by atomic mass is 15.2. The van der Waals surface area contributed by atoms with Gasteiger partial charge in [-0.2, -0.15) is 0 Å². The average Bonchev–Trinajstić information content (AvgIpc) is 2.92. The predicted molar refractivity (Wildman–Crippen MR) is 81.4 cm³/mol. The fourth-order valence-corrected chi connectivity index (χ4v) is 2.92. The quantitative estimate of drug-likeness (QED) is 0.816. The number of likely N-dealkylation sites (tertiary alicyclic amines) is 1. The molecule has 108 valence electrons. The Kier molecular flexibility index (Phi) is 5.93. The average molecular weight is 263 g/mol. The van der Waals surface area contributed by atoms with E-state index in [9.17, 15) is 0 Å². The topological polar surface area (TPSA) is 20.2 Å². The molecule has 1 unspecified atom stereocenters. The summed E-state index contributed by atoms with van der Waals surface area (Å²) in [6.45, 7) is 10.5. The number of hydrogen-bond acceptors (Lipinski definition) is 2. The summed E-state index contributed by atoms with van der Waals surface area (Å²) >= 11 is 0. The number of nitrogens with one attached hydrogen (secondary N) is 1. The Morgan fingerprint density at radius 1 is 1.21 bits per heavy atom. The SMILES string of the molecule is CCCNC(C)c1cccn1CCN1CCCCC1. The van der Waals surface area contributed by atoms with Crippen LogP contribution in [0.1, 0.15) is 51.3 Å². The fraction of sp³-hybridized carbons (Fsp3) is 0.750. The highest BCUT2D eigenvalue weighted by molar-refractivity contribution is 5.11. The minimum atomic E-state index is 0.455. The first-order valence-electron chi connectivity index (χ1n) is 7.92. The Balaban J connectivity index is 1.84. The van der Waals surface area contributed by atoms with Crippen LogP contribution in [0.2, 0.25) is 0 Å². The lowest BCUT2D eigenvalue weighted by atomic mass is 10.1. The second kappa shape index (κ2) is 7.71. The molecule has 1 atom stereocenters. The summed E-state index contributed by atoms with van der Waals surface area (Å²) in [5.74, 6) is 0. The van der Waals surface area contributed by atoms with Crippen molar-refractivity contribution in [1.82, 2.24) is 14.8 Å². The van der Waals surface area contributed by atoms with Gasteiger partial charge >= 0.3 is 0 Å². The summed E-state index contributed by atoms with van der Waals surface area (Å²) < 4.78 is 2.42. The molecule has 1 saturated heterocycles. The Morgan fingerprint density at radius 3 is 2.74 bits per heavy atom. The van der Waals surface area contributed by atoms with Crippen LogP contribution in [0.3, 0.4) is 0 Å². The molecule has 0 spiro atoms. The van der Waals surface area contributed by atoms with Crippen LogP contribution < -0.4 is 5.32 Å². The molecule has 3 nitrogen and oxygen atoms in total. The van der Waals surface area contributed by atoms with Crippen molar-refractivity contribution < 1.29 is 0 Å². The monoisotopic (exact) mass is 263 g/mol. The molecule has 0 bridgehead atoms. The van der Waals surface area contributed by atoms with E-state index in [1.54, 1.807) is 0 Å². The van der Waals surface area contributed by atoms with Crippen LogP contribution in [0.25, 0.3) is 0 Å². The van der Waals surface area contributed by atoms with E-state index in [0.717, 1.165) is 13.1 Å². The molecule has 19 heavy (non-hydrogen) atoms. The van der Waals surface area contributed by atoms with E-state index in [2.05, 4.69) is 47.0 Å². The van der Waals surface area contributed by atoms with Crippen molar-refractivity contribution in [2.24, 2.45) is 0 Å². The van der Waals surface area contributed by atoms with Gasteiger partial charge in [0.25, 0.3) is 0 Å². The summed E-state index contributed by atoms with van der Waals surface area (Å²) in [5, 5.41) is 3.58. The van der Waals surface area contributed by atoms with Gasteiger partial charge < -0.3 is 14.8 Å². The summed E-state index contributed by atoms with van der Waals surface area (Å²) in [5.41, 5.74) is 1.42. The predicted octanol–water partition coefficient (Wildman–Crippen LogP) is 3.03. The molecule has 1 aromatic heterocycles. The first-order valence-corrected chi connectivity index (χ1v) is 7.92. The largest absolute Gasteiger partial charge is 0.349 e. The number of aromatic nitrogens is 1. The highest BCUT2D eigenvalue weighted by Gasteiger charge is 2.12. The number of nitrogens with zero attached hydrogens (tertiary/aromatic N) is 2. The molecule has 0 aliphatic carbocycles. The molecule has 0 saturated carbocycles. The van der Waals surface area contributed by atoms with Crippen molar-refractivity contribution in [3.05, 3.63) is 24.0 Å². The fourth-order valence-electron chi connectivity index (χ4n) is 2.92. The normalized spacial score (nSPS) is 18.6. The molecule has 1 fully saturated rings. The van der Waals surface area contributed by atoms with E-state index in [1.165, 1.54) is 51.0 Å². The van der Waals surface area contributed by atoms with Crippen molar-refractivity contribution in [3.8, 4) is 0 Å². The van der Waals surface area contributed by atoms with Crippen LogP contribution in [0.4, 0.5) is 0 Å². The molecule has 1 aromatic rings. The van der Waals surface area contributed by atoms with Crippen LogP contribution in [0.5, 0.6) is 0 Å². The molecular formula is C16H29N3. The molecule has 0 amide bonds. The van der Waals surface area contributed by atoms with Crippen LogP contribution >= 0.6 is 0 Å². The Bertz CT molecular complexity index is 353. The first kappa shape index (κ1) is 14.6. The molecule has 0 aromatic carbocycles. The Labute approximate surface area is 118 Å². The molecule has 0 radical (unpaired) electrons. The third kappa shape index (κ3) is 4.36. The van der Waals surface area contributed by atoms with Crippen LogP contribution in [-0.4, -0.2) is 35.6 Å². The Morgan fingerprint density at radius 2 is 2.00 bits per heavy atom. The number of rotatable bonds is 7. The maximum atomic E-state index is 3.58. The molecule has 3 heteroatoms. The minimum Gasteiger partial charge on any atom is -0.349 e. The smallest absolute Gasteiger partial charge is 0.0446 e. The van der Waals surface area contributed by atoms with E-state index in [4.69, 9.17) is 0 Å². The molecule has 2 rings (SSSR count). The van der Waals surface area contributed by atoms with Gasteiger partial charge in [-0.3, -0.25) is 0 Å². The second-order valence-corrected chi connectivity index (χ2v) is 5.70.